The SMILES string of the molecule is O=C(Cc1ccc(F)cc1)N1CCN(c2nc(-c3cccs3)nc3cc(Cl)ccc23)CC1. The number of nitrogens with zero attached hydrogens (tertiary/aromatic N) is 4. The van der Waals surface area contributed by atoms with Crippen LogP contribution in [0.1, 0.15) is 5.56 Å². The van der Waals surface area contributed by atoms with E-state index in [4.69, 9.17) is 21.6 Å². The van der Waals surface area contributed by atoms with Gasteiger partial charge in [0.15, 0.2) is 5.82 Å². The van der Waals surface area contributed by atoms with Gasteiger partial charge in [-0.25, -0.2) is 14.4 Å². The molecule has 0 spiro atoms. The second kappa shape index (κ2) is 8.84. The largest absolute Gasteiger partial charge is 0.352 e. The third-order valence-corrected chi connectivity index (χ3v) is 6.68. The highest BCUT2D eigenvalue weighted by Gasteiger charge is 2.24. The van der Waals surface area contributed by atoms with Crippen LogP contribution in [0.5, 0.6) is 0 Å². The molecule has 0 unspecified atom stereocenters. The van der Waals surface area contributed by atoms with E-state index in [1.165, 1.54) is 12.1 Å². The number of rotatable bonds is 4. The highest BCUT2D eigenvalue weighted by atomic mass is 35.5. The van der Waals surface area contributed by atoms with E-state index in [1.54, 1.807) is 23.5 Å². The maximum absolute atomic E-state index is 13.1. The minimum Gasteiger partial charge on any atom is -0.352 e. The van der Waals surface area contributed by atoms with Gasteiger partial charge in [-0.3, -0.25) is 4.79 Å². The van der Waals surface area contributed by atoms with Crippen molar-refractivity contribution < 1.29 is 9.18 Å². The molecule has 4 aromatic rings. The van der Waals surface area contributed by atoms with Crippen LogP contribution in [0.2, 0.25) is 5.02 Å². The number of aromatic nitrogens is 2. The molecule has 2 aromatic carbocycles. The standard InChI is InChI=1S/C24H20ClFN4OS/c25-17-5-8-19-20(15-17)27-23(21-2-1-13-32-21)28-24(19)30-11-9-29(10-12-30)22(31)14-16-3-6-18(26)7-4-16/h1-8,13,15H,9-12,14H2. The Morgan fingerprint density at radius 3 is 2.53 bits per heavy atom. The zero-order valence-electron chi connectivity index (χ0n) is 17.2. The van der Waals surface area contributed by atoms with Crippen molar-refractivity contribution in [1.29, 1.82) is 0 Å². The second-order valence-electron chi connectivity index (χ2n) is 7.68. The average Bonchev–Trinajstić information content (AvgIpc) is 3.35. The maximum atomic E-state index is 13.1. The van der Waals surface area contributed by atoms with E-state index in [2.05, 4.69) is 4.90 Å². The van der Waals surface area contributed by atoms with Gasteiger partial charge in [0.2, 0.25) is 5.91 Å². The number of carbonyl (C=O) groups is 1. The number of anilines is 1. The summed E-state index contributed by atoms with van der Waals surface area (Å²) >= 11 is 7.82. The Hall–Kier alpha value is -3.03. The number of halogens is 2. The molecular weight excluding hydrogens is 447 g/mol. The molecule has 1 fully saturated rings. The lowest BCUT2D eigenvalue weighted by Crippen LogP contribution is -2.49. The van der Waals surface area contributed by atoms with Gasteiger partial charge in [0.1, 0.15) is 11.6 Å². The van der Waals surface area contributed by atoms with Gasteiger partial charge in [-0.1, -0.05) is 29.8 Å². The van der Waals surface area contributed by atoms with Gasteiger partial charge in [-0.2, -0.15) is 0 Å². The molecule has 2 aromatic heterocycles. The molecule has 0 aliphatic carbocycles. The summed E-state index contributed by atoms with van der Waals surface area (Å²) in [5, 5.41) is 3.59. The molecule has 162 valence electrons. The van der Waals surface area contributed by atoms with Crippen LogP contribution in [0, 0.1) is 5.82 Å². The molecule has 1 amide bonds. The quantitative estimate of drug-likeness (QED) is 0.422. The van der Waals surface area contributed by atoms with Crippen molar-refractivity contribution in [3.05, 3.63) is 76.4 Å². The molecule has 5 rings (SSSR count). The summed E-state index contributed by atoms with van der Waals surface area (Å²) in [6.07, 6.45) is 0.276. The van der Waals surface area contributed by atoms with Crippen LogP contribution >= 0.6 is 22.9 Å². The van der Waals surface area contributed by atoms with Crippen molar-refractivity contribution in [1.82, 2.24) is 14.9 Å². The third kappa shape index (κ3) is 4.31. The highest BCUT2D eigenvalue weighted by molar-refractivity contribution is 7.13. The first-order chi connectivity index (χ1) is 15.6. The first-order valence-electron chi connectivity index (χ1n) is 10.4. The van der Waals surface area contributed by atoms with Crippen molar-refractivity contribution >= 4 is 45.6 Å². The Bertz CT molecular complexity index is 1260. The van der Waals surface area contributed by atoms with E-state index in [0.29, 0.717) is 37.0 Å². The zero-order chi connectivity index (χ0) is 22.1. The van der Waals surface area contributed by atoms with Crippen molar-refractivity contribution in [2.75, 3.05) is 31.1 Å². The van der Waals surface area contributed by atoms with Gasteiger partial charge < -0.3 is 9.80 Å². The fraction of sp³-hybridized carbons (Fsp3) is 0.208. The molecule has 3 heterocycles. The Balaban J connectivity index is 1.36. The third-order valence-electron chi connectivity index (χ3n) is 5.58. The van der Waals surface area contributed by atoms with Crippen LogP contribution in [0.3, 0.4) is 0 Å². The monoisotopic (exact) mass is 466 g/mol. The number of benzene rings is 2. The number of hydrogen-bond acceptors (Lipinski definition) is 5. The minimum absolute atomic E-state index is 0.0508. The second-order valence-corrected chi connectivity index (χ2v) is 9.06. The minimum atomic E-state index is -0.296. The van der Waals surface area contributed by atoms with E-state index in [1.807, 2.05) is 40.6 Å². The molecule has 0 radical (unpaired) electrons. The number of fused-ring (bicyclic) bond motifs is 1. The van der Waals surface area contributed by atoms with Crippen LogP contribution in [0.15, 0.2) is 60.0 Å². The molecule has 1 aliphatic rings. The summed E-state index contributed by atoms with van der Waals surface area (Å²) in [6, 6.07) is 15.8. The summed E-state index contributed by atoms with van der Waals surface area (Å²) in [5.74, 6) is 1.30. The fourth-order valence-electron chi connectivity index (χ4n) is 3.90. The Labute approximate surface area is 194 Å². The van der Waals surface area contributed by atoms with E-state index < -0.39 is 0 Å². The molecule has 1 aliphatic heterocycles. The molecule has 0 saturated carbocycles. The van der Waals surface area contributed by atoms with Crippen molar-refractivity contribution in [2.24, 2.45) is 0 Å². The smallest absolute Gasteiger partial charge is 0.227 e. The first-order valence-corrected chi connectivity index (χ1v) is 11.6. The van der Waals surface area contributed by atoms with Crippen LogP contribution in [-0.4, -0.2) is 47.0 Å². The van der Waals surface area contributed by atoms with Gasteiger partial charge in [0.25, 0.3) is 0 Å². The molecule has 1 saturated heterocycles. The fourth-order valence-corrected chi connectivity index (χ4v) is 4.72. The molecule has 5 nitrogen and oxygen atoms in total. The van der Waals surface area contributed by atoms with Crippen LogP contribution in [-0.2, 0) is 11.2 Å². The summed E-state index contributed by atoms with van der Waals surface area (Å²) in [7, 11) is 0. The summed E-state index contributed by atoms with van der Waals surface area (Å²) in [6.45, 7) is 2.56. The Kier molecular flexibility index (Phi) is 5.76. The Morgan fingerprint density at radius 2 is 1.81 bits per heavy atom. The maximum Gasteiger partial charge on any atom is 0.227 e. The van der Waals surface area contributed by atoms with Gasteiger partial charge >= 0.3 is 0 Å². The van der Waals surface area contributed by atoms with E-state index in [0.717, 1.165) is 27.2 Å². The summed E-state index contributed by atoms with van der Waals surface area (Å²) in [5.41, 5.74) is 1.62. The number of thiophene rings is 1. The molecule has 0 N–H and O–H groups in total. The zero-order valence-corrected chi connectivity index (χ0v) is 18.7. The van der Waals surface area contributed by atoms with E-state index in [-0.39, 0.29) is 18.1 Å². The lowest BCUT2D eigenvalue weighted by Gasteiger charge is -2.36. The van der Waals surface area contributed by atoms with Gasteiger partial charge in [0.05, 0.1) is 16.8 Å². The van der Waals surface area contributed by atoms with Crippen LogP contribution in [0.4, 0.5) is 10.2 Å². The van der Waals surface area contributed by atoms with Crippen LogP contribution < -0.4 is 4.90 Å². The topological polar surface area (TPSA) is 49.3 Å². The van der Waals surface area contributed by atoms with E-state index in [9.17, 15) is 9.18 Å². The molecule has 0 bridgehead atoms. The number of hydrogen-bond donors (Lipinski definition) is 0. The first kappa shape index (κ1) is 20.8. The Morgan fingerprint density at radius 1 is 1.03 bits per heavy atom. The molecular formula is C24H20ClFN4OS. The number of piperazine rings is 1. The highest BCUT2D eigenvalue weighted by Crippen LogP contribution is 2.31. The number of carbonyl (C=O) groups excluding carboxylic acids is 1. The molecule has 8 heteroatoms. The number of amides is 1. The lowest BCUT2D eigenvalue weighted by atomic mass is 10.1. The van der Waals surface area contributed by atoms with Gasteiger partial charge in [-0.05, 0) is 47.3 Å². The predicted octanol–water partition coefficient (Wildman–Crippen LogP) is 5.04. The lowest BCUT2D eigenvalue weighted by molar-refractivity contribution is -0.130. The predicted molar refractivity (Wildman–Crippen MR) is 127 cm³/mol. The van der Waals surface area contributed by atoms with Gasteiger partial charge in [-0.15, -0.1) is 11.3 Å². The van der Waals surface area contributed by atoms with Crippen molar-refractivity contribution in [3.8, 4) is 10.7 Å². The van der Waals surface area contributed by atoms with Crippen molar-refractivity contribution in [3.63, 3.8) is 0 Å². The molecule has 32 heavy (non-hydrogen) atoms. The van der Waals surface area contributed by atoms with E-state index >= 15 is 0 Å². The van der Waals surface area contributed by atoms with Crippen molar-refractivity contribution in [2.45, 2.75) is 6.42 Å². The summed E-state index contributed by atoms with van der Waals surface area (Å²) in [4.78, 5) is 27.4. The average molecular weight is 467 g/mol. The normalized spacial score (nSPS) is 14.2. The molecule has 0 atom stereocenters. The van der Waals surface area contributed by atoms with Gasteiger partial charge in [0, 0.05) is 36.6 Å². The summed E-state index contributed by atoms with van der Waals surface area (Å²) < 4.78 is 13.1. The van der Waals surface area contributed by atoms with Crippen LogP contribution in [0.25, 0.3) is 21.6 Å².